The first-order valence-corrected chi connectivity index (χ1v) is 3.77. The van der Waals surface area contributed by atoms with Gasteiger partial charge in [-0.25, -0.2) is 4.79 Å². The lowest BCUT2D eigenvalue weighted by molar-refractivity contribution is -0.192. The van der Waals surface area contributed by atoms with Crippen LogP contribution in [0.25, 0.3) is 0 Å². The van der Waals surface area contributed by atoms with Crippen molar-refractivity contribution >= 4 is 5.97 Å². The predicted octanol–water partition coefficient (Wildman–Crippen LogP) is 1.17. The van der Waals surface area contributed by atoms with E-state index in [9.17, 15) is 13.2 Å². The number of carboxylic acid groups (broad SMARTS) is 1. The topological polar surface area (TPSA) is 76.2 Å². The number of alkyl halides is 3. The van der Waals surface area contributed by atoms with Crippen molar-refractivity contribution < 1.29 is 23.1 Å². The molecule has 0 saturated heterocycles. The van der Waals surface area contributed by atoms with Crippen molar-refractivity contribution in [3.05, 3.63) is 30.1 Å². The second-order valence-corrected chi connectivity index (χ2v) is 2.36. The number of nitrogens with two attached hydrogens (primary N) is 1. The number of halogens is 3. The highest BCUT2D eigenvalue weighted by molar-refractivity contribution is 5.73. The molecular weight excluding hydrogens is 213 g/mol. The molecule has 7 heteroatoms. The number of rotatable bonds is 1. The summed E-state index contributed by atoms with van der Waals surface area (Å²) in [5, 5.41) is 7.12. The molecule has 15 heavy (non-hydrogen) atoms. The molecule has 3 N–H and O–H groups in total. The van der Waals surface area contributed by atoms with Gasteiger partial charge in [-0.3, -0.25) is 4.98 Å². The average molecular weight is 222 g/mol. The van der Waals surface area contributed by atoms with Crippen LogP contribution in [0.3, 0.4) is 0 Å². The van der Waals surface area contributed by atoms with Crippen LogP contribution in [-0.4, -0.2) is 22.2 Å². The summed E-state index contributed by atoms with van der Waals surface area (Å²) >= 11 is 0. The molecule has 0 radical (unpaired) electrons. The van der Waals surface area contributed by atoms with Gasteiger partial charge >= 0.3 is 12.1 Å². The number of hydrogen-bond acceptors (Lipinski definition) is 3. The van der Waals surface area contributed by atoms with E-state index in [2.05, 4.69) is 4.98 Å². The lowest BCUT2D eigenvalue weighted by Crippen LogP contribution is -2.21. The lowest BCUT2D eigenvalue weighted by Gasteiger charge is -1.93. The Labute approximate surface area is 83.5 Å². The minimum atomic E-state index is -5.08. The van der Waals surface area contributed by atoms with Gasteiger partial charge in [0.25, 0.3) is 0 Å². The van der Waals surface area contributed by atoms with Crippen molar-refractivity contribution in [1.82, 2.24) is 4.98 Å². The summed E-state index contributed by atoms with van der Waals surface area (Å²) in [4.78, 5) is 12.7. The van der Waals surface area contributed by atoms with Crippen LogP contribution in [0.15, 0.2) is 24.5 Å². The van der Waals surface area contributed by atoms with Crippen molar-refractivity contribution in [2.24, 2.45) is 5.73 Å². The van der Waals surface area contributed by atoms with E-state index < -0.39 is 12.1 Å². The van der Waals surface area contributed by atoms with E-state index >= 15 is 0 Å². The van der Waals surface area contributed by atoms with E-state index in [0.717, 1.165) is 5.56 Å². The Morgan fingerprint density at radius 1 is 1.40 bits per heavy atom. The monoisotopic (exact) mass is 222 g/mol. The van der Waals surface area contributed by atoms with Crippen LogP contribution in [0, 0.1) is 0 Å². The summed E-state index contributed by atoms with van der Waals surface area (Å²) in [6.07, 6.45) is -1.61. The van der Waals surface area contributed by atoms with Crippen LogP contribution in [0.4, 0.5) is 13.2 Å². The van der Waals surface area contributed by atoms with E-state index in [1.807, 2.05) is 12.1 Å². The smallest absolute Gasteiger partial charge is 0.475 e. The van der Waals surface area contributed by atoms with Crippen LogP contribution in [-0.2, 0) is 11.3 Å². The van der Waals surface area contributed by atoms with Crippen LogP contribution in [0.1, 0.15) is 5.56 Å². The van der Waals surface area contributed by atoms with Gasteiger partial charge in [0, 0.05) is 18.9 Å². The Hall–Kier alpha value is -1.63. The van der Waals surface area contributed by atoms with E-state index in [1.54, 1.807) is 12.4 Å². The zero-order valence-electron chi connectivity index (χ0n) is 7.53. The van der Waals surface area contributed by atoms with Crippen LogP contribution >= 0.6 is 0 Å². The molecule has 0 amide bonds. The molecule has 0 aliphatic heterocycles. The summed E-state index contributed by atoms with van der Waals surface area (Å²) in [5.41, 5.74) is 6.45. The standard InChI is InChI=1S/C6H8N2.C2HF3O2/c7-5-6-1-3-8-4-2-6;3-2(4,5)1(6)7/h1-4H,5,7H2;(H,6,7). The third-order valence-corrected chi connectivity index (χ3v) is 1.23. The Morgan fingerprint density at radius 2 is 1.80 bits per heavy atom. The highest BCUT2D eigenvalue weighted by Crippen LogP contribution is 2.13. The summed E-state index contributed by atoms with van der Waals surface area (Å²) in [5.74, 6) is -2.76. The van der Waals surface area contributed by atoms with Gasteiger partial charge in [-0.2, -0.15) is 13.2 Å². The van der Waals surface area contributed by atoms with Crippen molar-refractivity contribution in [3.63, 3.8) is 0 Å². The number of aromatic nitrogens is 1. The highest BCUT2D eigenvalue weighted by Gasteiger charge is 2.38. The molecule has 0 bridgehead atoms. The van der Waals surface area contributed by atoms with Gasteiger partial charge in [-0.05, 0) is 17.7 Å². The quantitative estimate of drug-likeness (QED) is 0.747. The Bertz CT molecular complexity index is 301. The Balaban J connectivity index is 0.000000265. The molecule has 0 fully saturated rings. The molecule has 0 aliphatic rings. The molecule has 0 spiro atoms. The number of aliphatic carboxylic acids is 1. The van der Waals surface area contributed by atoms with Crippen molar-refractivity contribution in [2.45, 2.75) is 12.7 Å². The minimum Gasteiger partial charge on any atom is -0.475 e. The number of carbonyl (C=O) groups is 1. The molecule has 1 heterocycles. The zero-order valence-corrected chi connectivity index (χ0v) is 7.53. The van der Waals surface area contributed by atoms with Gasteiger partial charge in [0.15, 0.2) is 0 Å². The first-order valence-electron chi connectivity index (χ1n) is 3.77. The first kappa shape index (κ1) is 13.4. The second kappa shape index (κ2) is 5.97. The number of pyridine rings is 1. The molecule has 0 aromatic carbocycles. The lowest BCUT2D eigenvalue weighted by atomic mass is 10.3. The normalized spacial score (nSPS) is 10.1. The predicted molar refractivity (Wildman–Crippen MR) is 45.8 cm³/mol. The largest absolute Gasteiger partial charge is 0.490 e. The Morgan fingerprint density at radius 3 is 2.00 bits per heavy atom. The molecule has 1 aromatic rings. The SMILES string of the molecule is NCc1ccncc1.O=C(O)C(F)(F)F. The third-order valence-electron chi connectivity index (χ3n) is 1.23. The summed E-state index contributed by atoms with van der Waals surface area (Å²) in [7, 11) is 0. The Kier molecular flexibility index (Phi) is 5.32. The molecule has 1 aromatic heterocycles. The molecule has 0 atom stereocenters. The van der Waals surface area contributed by atoms with E-state index in [4.69, 9.17) is 15.6 Å². The minimum absolute atomic E-state index is 0.600. The molecule has 1 rings (SSSR count). The maximum Gasteiger partial charge on any atom is 0.490 e. The average Bonchev–Trinajstić information content (AvgIpc) is 2.18. The van der Waals surface area contributed by atoms with Crippen molar-refractivity contribution in [3.8, 4) is 0 Å². The number of hydrogen-bond donors (Lipinski definition) is 2. The fourth-order valence-corrected chi connectivity index (χ4v) is 0.519. The van der Waals surface area contributed by atoms with E-state index in [-0.39, 0.29) is 0 Å². The fourth-order valence-electron chi connectivity index (χ4n) is 0.519. The van der Waals surface area contributed by atoms with Gasteiger partial charge in [0.2, 0.25) is 0 Å². The van der Waals surface area contributed by atoms with Gasteiger partial charge in [-0.15, -0.1) is 0 Å². The van der Waals surface area contributed by atoms with Gasteiger partial charge < -0.3 is 10.8 Å². The van der Waals surface area contributed by atoms with E-state index in [1.165, 1.54) is 0 Å². The summed E-state index contributed by atoms with van der Waals surface area (Å²) < 4.78 is 31.7. The molecule has 0 unspecified atom stereocenters. The van der Waals surface area contributed by atoms with Gasteiger partial charge in [0.05, 0.1) is 0 Å². The van der Waals surface area contributed by atoms with Gasteiger partial charge in [0.1, 0.15) is 0 Å². The molecule has 84 valence electrons. The highest BCUT2D eigenvalue weighted by atomic mass is 19.4. The van der Waals surface area contributed by atoms with E-state index in [0.29, 0.717) is 6.54 Å². The molecule has 0 saturated carbocycles. The molecule has 4 nitrogen and oxygen atoms in total. The number of nitrogens with zero attached hydrogens (tertiary/aromatic N) is 1. The maximum absolute atomic E-state index is 10.6. The van der Waals surface area contributed by atoms with Crippen LogP contribution < -0.4 is 5.73 Å². The van der Waals surface area contributed by atoms with Crippen LogP contribution in [0.5, 0.6) is 0 Å². The van der Waals surface area contributed by atoms with Gasteiger partial charge in [-0.1, -0.05) is 0 Å². The molecular formula is C8H9F3N2O2. The second-order valence-electron chi connectivity index (χ2n) is 2.36. The van der Waals surface area contributed by atoms with Crippen molar-refractivity contribution in [1.29, 1.82) is 0 Å². The summed E-state index contributed by atoms with van der Waals surface area (Å²) in [6, 6.07) is 3.81. The summed E-state index contributed by atoms with van der Waals surface area (Å²) in [6.45, 7) is 0.600. The fraction of sp³-hybridized carbons (Fsp3) is 0.250. The van der Waals surface area contributed by atoms with Crippen LogP contribution in [0.2, 0.25) is 0 Å². The molecule has 0 aliphatic carbocycles. The number of carboxylic acids is 1. The maximum atomic E-state index is 10.6. The van der Waals surface area contributed by atoms with Crippen molar-refractivity contribution in [2.75, 3.05) is 0 Å². The first-order chi connectivity index (χ1) is 6.88. The zero-order chi connectivity index (χ0) is 11.9. The third kappa shape index (κ3) is 6.44.